The number of dihydropyridines is 1. The van der Waals surface area contributed by atoms with Gasteiger partial charge in [0.1, 0.15) is 0 Å². The molecule has 1 amide bonds. The summed E-state index contributed by atoms with van der Waals surface area (Å²) in [6.07, 6.45) is 9.91. The van der Waals surface area contributed by atoms with Gasteiger partial charge in [0.2, 0.25) is 5.91 Å². The zero-order valence-electron chi connectivity index (χ0n) is 20.0. The quantitative estimate of drug-likeness (QED) is 0.411. The number of hydrogen-bond donors (Lipinski definition) is 4. The number of aliphatic hydroxyl groups is 2. The van der Waals surface area contributed by atoms with E-state index in [2.05, 4.69) is 16.7 Å². The van der Waals surface area contributed by atoms with Crippen molar-refractivity contribution in [2.45, 2.75) is 44.8 Å². The van der Waals surface area contributed by atoms with Gasteiger partial charge in [-0.25, -0.2) is 0 Å². The summed E-state index contributed by atoms with van der Waals surface area (Å²) in [5, 5.41) is 27.0. The van der Waals surface area contributed by atoms with Gasteiger partial charge in [-0.05, 0) is 56.4 Å². The van der Waals surface area contributed by atoms with Gasteiger partial charge < -0.3 is 25.7 Å². The van der Waals surface area contributed by atoms with Crippen molar-refractivity contribution in [1.82, 2.24) is 15.5 Å². The van der Waals surface area contributed by atoms with E-state index in [0.717, 1.165) is 48.1 Å². The van der Waals surface area contributed by atoms with Crippen LogP contribution >= 0.6 is 0 Å². The number of carbonyl (C=O) groups is 1. The molecule has 0 saturated heterocycles. The summed E-state index contributed by atoms with van der Waals surface area (Å²) in [6, 6.07) is 9.67. The van der Waals surface area contributed by atoms with Crippen molar-refractivity contribution in [3.8, 4) is 0 Å². The average Bonchev–Trinajstić information content (AvgIpc) is 2.82. The van der Waals surface area contributed by atoms with Crippen LogP contribution < -0.4 is 10.6 Å². The summed E-state index contributed by atoms with van der Waals surface area (Å²) >= 11 is 0. The van der Waals surface area contributed by atoms with Gasteiger partial charge >= 0.3 is 0 Å². The molecule has 1 aliphatic carbocycles. The Morgan fingerprint density at radius 3 is 2.64 bits per heavy atom. The Labute approximate surface area is 197 Å². The lowest BCUT2D eigenvalue weighted by Gasteiger charge is -2.27. The first-order valence-electron chi connectivity index (χ1n) is 11.7. The third-order valence-corrected chi connectivity index (χ3v) is 6.15. The minimum Gasteiger partial charge on any atom is -0.387 e. The van der Waals surface area contributed by atoms with Crippen LogP contribution in [0.2, 0.25) is 0 Å². The smallest absolute Gasteiger partial charge is 0.249 e. The van der Waals surface area contributed by atoms with E-state index in [4.69, 9.17) is 0 Å². The Morgan fingerprint density at radius 2 is 1.97 bits per heavy atom. The highest BCUT2D eigenvalue weighted by atomic mass is 16.3. The van der Waals surface area contributed by atoms with E-state index >= 15 is 0 Å². The third kappa shape index (κ3) is 7.42. The molecule has 1 heterocycles. The fraction of sp³-hybridized carbons (Fsp3) is 0.444. The molecule has 0 saturated carbocycles. The van der Waals surface area contributed by atoms with Crippen LogP contribution in [-0.2, 0) is 4.79 Å². The highest BCUT2D eigenvalue weighted by molar-refractivity contribution is 5.94. The van der Waals surface area contributed by atoms with Crippen LogP contribution in [0.25, 0.3) is 0 Å². The van der Waals surface area contributed by atoms with Crippen molar-refractivity contribution >= 4 is 5.91 Å². The standard InChI is InChI=1S/C27H37N3O3/c1-27(2,33)24-15-21(16-29-17-24)19-30(3)26(32)23-11-9-20(10-12-23)13-14-28-18-25(31)22-7-5-4-6-8-22/h4-9,11,15-16,25,28-29,31,33H,10,12-14,17-19H2,1-3H3. The Bertz CT molecular complexity index is 939. The minimum absolute atomic E-state index is 0.0408. The molecule has 6 heteroatoms. The number of benzene rings is 1. The van der Waals surface area contributed by atoms with Crippen LogP contribution in [0.15, 0.2) is 77.1 Å². The molecular formula is C27H37N3O3. The van der Waals surface area contributed by atoms with E-state index in [-0.39, 0.29) is 5.91 Å². The molecule has 1 atom stereocenters. The van der Waals surface area contributed by atoms with Crippen LogP contribution in [0.4, 0.5) is 0 Å². The van der Waals surface area contributed by atoms with E-state index in [0.29, 0.717) is 19.6 Å². The maximum Gasteiger partial charge on any atom is 0.249 e. The zero-order valence-corrected chi connectivity index (χ0v) is 20.0. The van der Waals surface area contributed by atoms with E-state index in [1.165, 1.54) is 5.57 Å². The third-order valence-electron chi connectivity index (χ3n) is 6.15. The number of rotatable bonds is 10. The van der Waals surface area contributed by atoms with Gasteiger partial charge in [0, 0.05) is 38.5 Å². The predicted octanol–water partition coefficient (Wildman–Crippen LogP) is 2.99. The summed E-state index contributed by atoms with van der Waals surface area (Å²) in [6.45, 7) is 5.97. The molecule has 2 aliphatic rings. The van der Waals surface area contributed by atoms with Gasteiger partial charge in [0.25, 0.3) is 0 Å². The minimum atomic E-state index is -0.878. The van der Waals surface area contributed by atoms with Crippen molar-refractivity contribution < 1.29 is 15.0 Å². The first kappa shape index (κ1) is 25.0. The molecule has 6 nitrogen and oxygen atoms in total. The first-order chi connectivity index (χ1) is 15.7. The molecule has 0 spiro atoms. The zero-order chi connectivity index (χ0) is 23.8. The monoisotopic (exact) mass is 451 g/mol. The highest BCUT2D eigenvalue weighted by Gasteiger charge is 2.23. The van der Waals surface area contributed by atoms with Crippen molar-refractivity contribution in [2.24, 2.45) is 0 Å². The fourth-order valence-electron chi connectivity index (χ4n) is 4.03. The lowest BCUT2D eigenvalue weighted by molar-refractivity contribution is -0.125. The van der Waals surface area contributed by atoms with Gasteiger partial charge in [-0.3, -0.25) is 4.79 Å². The number of aliphatic hydroxyl groups excluding tert-OH is 1. The second kappa shape index (κ2) is 11.5. The second-order valence-electron chi connectivity index (χ2n) is 9.39. The van der Waals surface area contributed by atoms with Gasteiger partial charge in [-0.2, -0.15) is 0 Å². The van der Waals surface area contributed by atoms with E-state index < -0.39 is 11.7 Å². The molecule has 0 bridgehead atoms. The van der Waals surface area contributed by atoms with E-state index in [9.17, 15) is 15.0 Å². The number of nitrogens with one attached hydrogen (secondary N) is 2. The molecule has 0 aromatic heterocycles. The van der Waals surface area contributed by atoms with Gasteiger partial charge in [0.15, 0.2) is 0 Å². The second-order valence-corrected chi connectivity index (χ2v) is 9.39. The summed E-state index contributed by atoms with van der Waals surface area (Å²) < 4.78 is 0. The molecular weight excluding hydrogens is 414 g/mol. The van der Waals surface area contributed by atoms with Crippen LogP contribution in [0, 0.1) is 0 Å². The molecule has 1 aliphatic heterocycles. The van der Waals surface area contributed by atoms with Crippen LogP contribution in [0.3, 0.4) is 0 Å². The van der Waals surface area contributed by atoms with Crippen molar-refractivity contribution in [3.05, 3.63) is 82.6 Å². The fourth-order valence-corrected chi connectivity index (χ4v) is 4.03. The summed E-state index contributed by atoms with van der Waals surface area (Å²) in [4.78, 5) is 14.6. The van der Waals surface area contributed by atoms with Gasteiger partial charge in [0.05, 0.1) is 11.7 Å². The largest absolute Gasteiger partial charge is 0.387 e. The summed E-state index contributed by atoms with van der Waals surface area (Å²) in [5.74, 6) is 0.0408. The van der Waals surface area contributed by atoms with Crippen molar-refractivity contribution in [2.75, 3.05) is 33.2 Å². The number of amides is 1. The maximum absolute atomic E-state index is 12.9. The maximum atomic E-state index is 12.9. The molecule has 0 fully saturated rings. The van der Waals surface area contributed by atoms with Crippen molar-refractivity contribution in [3.63, 3.8) is 0 Å². The average molecular weight is 452 g/mol. The molecule has 4 N–H and O–H groups in total. The lowest BCUT2D eigenvalue weighted by atomic mass is 9.93. The Morgan fingerprint density at radius 1 is 1.21 bits per heavy atom. The predicted molar refractivity (Wildman–Crippen MR) is 132 cm³/mol. The normalized spacial score (nSPS) is 17.2. The molecule has 33 heavy (non-hydrogen) atoms. The number of nitrogens with zero attached hydrogens (tertiary/aromatic N) is 1. The van der Waals surface area contributed by atoms with Gasteiger partial charge in [-0.1, -0.05) is 54.1 Å². The highest BCUT2D eigenvalue weighted by Crippen LogP contribution is 2.23. The van der Waals surface area contributed by atoms with Crippen molar-refractivity contribution in [1.29, 1.82) is 0 Å². The lowest BCUT2D eigenvalue weighted by Crippen LogP contribution is -2.34. The van der Waals surface area contributed by atoms with E-state index in [1.54, 1.807) is 18.7 Å². The summed E-state index contributed by atoms with van der Waals surface area (Å²) in [5.41, 5.74) is 4.07. The number of carbonyl (C=O) groups excluding carboxylic acids is 1. The topological polar surface area (TPSA) is 84.8 Å². The molecule has 0 radical (unpaired) electrons. The molecule has 3 rings (SSSR count). The molecule has 1 aromatic carbocycles. The van der Waals surface area contributed by atoms with Gasteiger partial charge in [-0.15, -0.1) is 0 Å². The SMILES string of the molecule is CN(CC1=CNCC(C(C)(C)O)=C1)C(=O)C1=CC=C(CCNCC(O)c2ccccc2)CC1. The Kier molecular flexibility index (Phi) is 8.67. The Balaban J connectivity index is 1.45. The summed E-state index contributed by atoms with van der Waals surface area (Å²) in [7, 11) is 1.82. The molecule has 1 unspecified atom stereocenters. The van der Waals surface area contributed by atoms with Crippen LogP contribution in [0.5, 0.6) is 0 Å². The number of likely N-dealkylation sites (N-methyl/N-ethyl adjacent to an activating group) is 1. The number of allylic oxidation sites excluding steroid dienone is 2. The van der Waals surface area contributed by atoms with Crippen LogP contribution in [0.1, 0.15) is 44.8 Å². The first-order valence-corrected chi connectivity index (χ1v) is 11.7. The number of hydrogen-bond acceptors (Lipinski definition) is 5. The van der Waals surface area contributed by atoms with Crippen LogP contribution in [-0.4, -0.2) is 59.8 Å². The Hall–Kier alpha value is -2.67. The van der Waals surface area contributed by atoms with E-state index in [1.807, 2.05) is 55.7 Å². The molecule has 178 valence electrons. The molecule has 1 aromatic rings.